The number of para-hydroxylation sites is 2. The molecule has 0 radical (unpaired) electrons. The number of methoxy groups -OCH3 is 1. The molecule has 23 heavy (non-hydrogen) atoms. The highest BCUT2D eigenvalue weighted by Gasteiger charge is 2.31. The van der Waals surface area contributed by atoms with Gasteiger partial charge in [-0.2, -0.15) is 0 Å². The summed E-state index contributed by atoms with van der Waals surface area (Å²) in [7, 11) is 1.15. The van der Waals surface area contributed by atoms with Crippen LogP contribution in [0.2, 0.25) is 0 Å². The fourth-order valence-corrected chi connectivity index (χ4v) is 2.09. The highest BCUT2D eigenvalue weighted by atomic mass is 16.5. The van der Waals surface area contributed by atoms with Gasteiger partial charge in [0.25, 0.3) is 0 Å². The lowest BCUT2D eigenvalue weighted by Crippen LogP contribution is -2.47. The summed E-state index contributed by atoms with van der Waals surface area (Å²) in [6, 6.07) is 6.90. The van der Waals surface area contributed by atoms with Crippen molar-refractivity contribution in [2.24, 2.45) is 0 Å². The summed E-state index contributed by atoms with van der Waals surface area (Å²) in [6.07, 6.45) is 0.000681. The first kappa shape index (κ1) is 16.8. The summed E-state index contributed by atoms with van der Waals surface area (Å²) >= 11 is 0. The Balaban J connectivity index is 1.95. The number of aryl methyl sites for hydroxylation is 1. The Bertz CT molecular complexity index is 774. The van der Waals surface area contributed by atoms with Crippen molar-refractivity contribution in [3.05, 3.63) is 34.8 Å². The first-order valence-corrected chi connectivity index (χ1v) is 7.01. The van der Waals surface area contributed by atoms with Gasteiger partial charge in [-0.3, -0.25) is 9.36 Å². The first-order valence-electron chi connectivity index (χ1n) is 7.01. The number of aromatic nitrogens is 1. The molecule has 1 aromatic carbocycles. The zero-order chi connectivity index (χ0) is 17.0. The van der Waals surface area contributed by atoms with Gasteiger partial charge in [0.05, 0.1) is 19.2 Å². The zero-order valence-electron chi connectivity index (χ0n) is 12.9. The van der Waals surface area contributed by atoms with Gasteiger partial charge in [0, 0.05) is 13.0 Å². The molecule has 1 atom stereocenters. The van der Waals surface area contributed by atoms with E-state index in [-0.39, 0.29) is 19.5 Å². The molecule has 1 amide bonds. The van der Waals surface area contributed by atoms with Crippen LogP contribution in [0.15, 0.2) is 33.5 Å². The molecule has 0 bridgehead atoms. The second-order valence-electron chi connectivity index (χ2n) is 5.28. The quantitative estimate of drug-likeness (QED) is 0.726. The minimum Gasteiger partial charge on any atom is -0.467 e. The number of fused-ring (bicyclic) bond motifs is 1. The molecule has 1 aromatic heterocycles. The highest BCUT2D eigenvalue weighted by Crippen LogP contribution is 2.12. The lowest BCUT2D eigenvalue weighted by atomic mass is 10.1. The smallest absolute Gasteiger partial charge is 0.419 e. The van der Waals surface area contributed by atoms with Crippen molar-refractivity contribution in [1.29, 1.82) is 0 Å². The van der Waals surface area contributed by atoms with Gasteiger partial charge >= 0.3 is 11.7 Å². The van der Waals surface area contributed by atoms with Gasteiger partial charge in [0.15, 0.2) is 11.2 Å². The maximum Gasteiger partial charge on any atom is 0.419 e. The Morgan fingerprint density at radius 3 is 2.78 bits per heavy atom. The molecule has 2 rings (SSSR count). The third kappa shape index (κ3) is 3.78. The van der Waals surface area contributed by atoms with Crippen molar-refractivity contribution in [3.8, 4) is 0 Å². The summed E-state index contributed by atoms with van der Waals surface area (Å²) in [4.78, 5) is 34.9. The number of ether oxygens (including phenoxy) is 1. The van der Waals surface area contributed by atoms with Crippen LogP contribution in [0.25, 0.3) is 11.1 Å². The Kier molecular flexibility index (Phi) is 4.85. The van der Waals surface area contributed by atoms with E-state index in [4.69, 9.17) is 4.42 Å². The molecular weight excluding hydrogens is 304 g/mol. The number of hydrogen-bond donors (Lipinski definition) is 2. The number of carbonyl (C=O) groups is 2. The maximum absolute atomic E-state index is 11.8. The van der Waals surface area contributed by atoms with Gasteiger partial charge < -0.3 is 19.6 Å². The SMILES string of the molecule is COC(=O)[C@](C)(O)CNC(=O)CCn1c(=O)oc2ccccc21. The summed E-state index contributed by atoms with van der Waals surface area (Å²) in [5.74, 6) is -1.79. The Hall–Kier alpha value is -2.61. The second-order valence-corrected chi connectivity index (χ2v) is 5.28. The average molecular weight is 322 g/mol. The Morgan fingerprint density at radius 2 is 2.09 bits per heavy atom. The van der Waals surface area contributed by atoms with E-state index in [1.807, 2.05) is 0 Å². The Labute approximate surface area is 131 Å². The molecule has 8 heteroatoms. The summed E-state index contributed by atoms with van der Waals surface area (Å²) < 4.78 is 10.9. The summed E-state index contributed by atoms with van der Waals surface area (Å²) in [5.41, 5.74) is -0.748. The molecule has 8 nitrogen and oxygen atoms in total. The average Bonchev–Trinajstić information content (AvgIpc) is 2.85. The van der Waals surface area contributed by atoms with Crippen LogP contribution < -0.4 is 11.1 Å². The minimum absolute atomic E-state index is 0.000681. The van der Waals surface area contributed by atoms with Gasteiger partial charge in [-0.05, 0) is 19.1 Å². The van der Waals surface area contributed by atoms with Gasteiger partial charge in [0.2, 0.25) is 5.91 Å². The molecule has 2 aromatic rings. The van der Waals surface area contributed by atoms with Crippen molar-refractivity contribution in [3.63, 3.8) is 0 Å². The van der Waals surface area contributed by atoms with Crippen LogP contribution in [0.5, 0.6) is 0 Å². The van der Waals surface area contributed by atoms with Crippen molar-refractivity contribution in [1.82, 2.24) is 9.88 Å². The number of benzene rings is 1. The van der Waals surface area contributed by atoms with Crippen LogP contribution in [0.1, 0.15) is 13.3 Å². The lowest BCUT2D eigenvalue weighted by molar-refractivity contribution is -0.160. The van der Waals surface area contributed by atoms with E-state index in [1.54, 1.807) is 24.3 Å². The van der Waals surface area contributed by atoms with Crippen LogP contribution in [0.3, 0.4) is 0 Å². The molecular formula is C15H18N2O6. The second kappa shape index (κ2) is 6.66. The van der Waals surface area contributed by atoms with E-state index in [0.717, 1.165) is 7.11 Å². The summed E-state index contributed by atoms with van der Waals surface area (Å²) in [5, 5.41) is 12.2. The maximum atomic E-state index is 11.8. The molecule has 124 valence electrons. The fraction of sp³-hybridized carbons (Fsp3) is 0.400. The zero-order valence-corrected chi connectivity index (χ0v) is 12.9. The number of carbonyl (C=O) groups excluding carboxylic acids is 2. The van der Waals surface area contributed by atoms with Crippen molar-refractivity contribution < 1.29 is 23.8 Å². The fourth-order valence-electron chi connectivity index (χ4n) is 2.09. The lowest BCUT2D eigenvalue weighted by Gasteiger charge is -2.20. The monoisotopic (exact) mass is 322 g/mol. The van der Waals surface area contributed by atoms with Crippen LogP contribution >= 0.6 is 0 Å². The molecule has 0 aliphatic carbocycles. The minimum atomic E-state index is -1.80. The number of hydrogen-bond acceptors (Lipinski definition) is 6. The molecule has 1 heterocycles. The van der Waals surface area contributed by atoms with E-state index < -0.39 is 23.2 Å². The van der Waals surface area contributed by atoms with E-state index in [2.05, 4.69) is 10.1 Å². The highest BCUT2D eigenvalue weighted by molar-refractivity contribution is 5.81. The van der Waals surface area contributed by atoms with E-state index >= 15 is 0 Å². The van der Waals surface area contributed by atoms with E-state index in [9.17, 15) is 19.5 Å². The molecule has 0 saturated heterocycles. The van der Waals surface area contributed by atoms with Crippen molar-refractivity contribution in [2.75, 3.05) is 13.7 Å². The normalized spacial score (nSPS) is 13.5. The number of nitrogens with zero attached hydrogens (tertiary/aromatic N) is 1. The molecule has 0 spiro atoms. The molecule has 2 N–H and O–H groups in total. The van der Waals surface area contributed by atoms with Gasteiger partial charge in [-0.15, -0.1) is 0 Å². The van der Waals surface area contributed by atoms with Crippen LogP contribution in [-0.2, 0) is 20.9 Å². The predicted octanol–water partition coefficient (Wildman–Crippen LogP) is 0.0248. The molecule has 0 fully saturated rings. The molecule has 0 unspecified atom stereocenters. The summed E-state index contributed by atoms with van der Waals surface area (Å²) in [6.45, 7) is 1.09. The van der Waals surface area contributed by atoms with Crippen molar-refractivity contribution in [2.45, 2.75) is 25.5 Å². The topological polar surface area (TPSA) is 111 Å². The number of rotatable bonds is 6. The largest absolute Gasteiger partial charge is 0.467 e. The van der Waals surface area contributed by atoms with E-state index in [1.165, 1.54) is 11.5 Å². The number of amides is 1. The molecule has 0 aliphatic heterocycles. The number of esters is 1. The van der Waals surface area contributed by atoms with Crippen molar-refractivity contribution >= 4 is 23.0 Å². The third-order valence-corrected chi connectivity index (χ3v) is 3.39. The van der Waals surface area contributed by atoms with Gasteiger partial charge in [-0.25, -0.2) is 9.59 Å². The molecule has 0 aliphatic rings. The van der Waals surface area contributed by atoms with Gasteiger partial charge in [0.1, 0.15) is 0 Å². The predicted molar refractivity (Wildman–Crippen MR) is 80.7 cm³/mol. The van der Waals surface area contributed by atoms with Crippen LogP contribution in [-0.4, -0.2) is 40.8 Å². The van der Waals surface area contributed by atoms with Crippen LogP contribution in [0, 0.1) is 0 Å². The number of oxazole rings is 1. The number of aliphatic hydroxyl groups is 1. The van der Waals surface area contributed by atoms with E-state index in [0.29, 0.717) is 11.1 Å². The first-order chi connectivity index (χ1) is 10.8. The van der Waals surface area contributed by atoms with Gasteiger partial charge in [-0.1, -0.05) is 12.1 Å². The standard InChI is InChI=1S/C15H18N2O6/c1-15(21,13(19)22-2)9-16-12(18)7-8-17-10-5-3-4-6-11(10)23-14(17)20/h3-6,21H,7-9H2,1-2H3,(H,16,18)/t15-/m1/s1. The van der Waals surface area contributed by atoms with Crippen LogP contribution in [0.4, 0.5) is 0 Å². The Morgan fingerprint density at radius 1 is 1.39 bits per heavy atom. The third-order valence-electron chi connectivity index (χ3n) is 3.39. The number of nitrogens with one attached hydrogen (secondary N) is 1. The molecule has 0 saturated carbocycles.